The van der Waals surface area contributed by atoms with Crippen molar-refractivity contribution in [3.63, 3.8) is 0 Å². The molecule has 0 bridgehead atoms. The summed E-state index contributed by atoms with van der Waals surface area (Å²) in [5.74, 6) is -0.681. The number of carbonyl (C=O) groups is 1. The summed E-state index contributed by atoms with van der Waals surface area (Å²) in [6, 6.07) is 17.5. The van der Waals surface area contributed by atoms with Crippen LogP contribution in [-0.2, 0) is 34.4 Å². The minimum atomic E-state index is -5.64. The molecule has 6 rings (SSSR count). The molecule has 53 heavy (non-hydrogen) atoms. The maximum absolute atomic E-state index is 13.1. The molecular weight excluding hydrogens is 735 g/mol. The monoisotopic (exact) mass is 769 g/mol. The quantitative estimate of drug-likeness (QED) is 0.144. The van der Waals surface area contributed by atoms with E-state index in [-0.39, 0.29) is 31.2 Å². The van der Waals surface area contributed by atoms with Gasteiger partial charge in [-0.25, -0.2) is 8.42 Å². The van der Waals surface area contributed by atoms with E-state index < -0.39 is 32.9 Å². The molecule has 0 aliphatic carbocycles. The lowest BCUT2D eigenvalue weighted by Gasteiger charge is -2.35. The fourth-order valence-corrected chi connectivity index (χ4v) is 7.35. The third-order valence-electron chi connectivity index (χ3n) is 9.16. The first kappa shape index (κ1) is 37.9. The van der Waals surface area contributed by atoms with E-state index in [1.54, 1.807) is 29.3 Å². The number of alkyl halides is 3. The van der Waals surface area contributed by atoms with Crippen LogP contribution in [0.2, 0.25) is 5.02 Å². The number of rotatable bonds is 12. The van der Waals surface area contributed by atoms with Crippen molar-refractivity contribution in [3.8, 4) is 40.2 Å². The Morgan fingerprint density at radius 3 is 2.55 bits per heavy atom. The van der Waals surface area contributed by atoms with E-state index in [1.807, 2.05) is 49.4 Å². The van der Waals surface area contributed by atoms with E-state index in [0.717, 1.165) is 22.3 Å². The summed E-state index contributed by atoms with van der Waals surface area (Å²) in [4.78, 5) is 18.8. The van der Waals surface area contributed by atoms with Gasteiger partial charge in [-0.15, -0.1) is 0 Å². The third kappa shape index (κ3) is 8.87. The van der Waals surface area contributed by atoms with E-state index in [2.05, 4.69) is 4.98 Å². The highest BCUT2D eigenvalue weighted by Gasteiger charge is 2.48. The first-order chi connectivity index (χ1) is 25.3. The first-order valence-corrected chi connectivity index (χ1v) is 18.8. The van der Waals surface area contributed by atoms with E-state index >= 15 is 0 Å². The van der Waals surface area contributed by atoms with E-state index in [0.29, 0.717) is 72.3 Å². The molecule has 15 heteroatoms. The smallest absolute Gasteiger partial charge is 0.488 e. The molecule has 1 saturated heterocycles. The second-order valence-corrected chi connectivity index (χ2v) is 15.2. The first-order valence-electron chi connectivity index (χ1n) is 16.8. The molecule has 1 fully saturated rings. The van der Waals surface area contributed by atoms with Gasteiger partial charge in [0.15, 0.2) is 17.3 Å². The summed E-state index contributed by atoms with van der Waals surface area (Å²) in [6.07, 6.45) is 4.37. The molecule has 2 aliphatic rings. The van der Waals surface area contributed by atoms with Crippen LogP contribution in [0.3, 0.4) is 0 Å². The summed E-state index contributed by atoms with van der Waals surface area (Å²) >= 11 is 6.77. The van der Waals surface area contributed by atoms with Gasteiger partial charge >= 0.3 is 5.51 Å². The van der Waals surface area contributed by atoms with Crippen molar-refractivity contribution in [2.45, 2.75) is 57.5 Å². The Balaban J connectivity index is 1.26. The number of ether oxygens (including phenoxy) is 4. The van der Waals surface area contributed by atoms with E-state index in [1.165, 1.54) is 6.20 Å². The molecular formula is C38H35ClF3N3O7S. The Kier molecular flexibility index (Phi) is 11.5. The predicted octanol–water partition coefficient (Wildman–Crippen LogP) is 7.37. The number of hydrogen-bond acceptors (Lipinski definition) is 10. The Morgan fingerprint density at radius 2 is 1.77 bits per heavy atom. The Bertz CT molecular complexity index is 2160. The Labute approximate surface area is 309 Å². The molecule has 0 spiro atoms. The Hall–Kier alpha value is -4.84. The number of nitriles is 1. The highest BCUT2D eigenvalue weighted by Crippen LogP contribution is 2.38. The number of ketones is 1. The van der Waals surface area contributed by atoms with Crippen molar-refractivity contribution in [2.24, 2.45) is 0 Å². The molecule has 278 valence electrons. The molecule has 0 N–H and O–H groups in total. The average molecular weight is 770 g/mol. The summed E-state index contributed by atoms with van der Waals surface area (Å²) in [6.45, 7) is 3.48. The maximum atomic E-state index is 13.1. The van der Waals surface area contributed by atoms with Crippen molar-refractivity contribution in [1.82, 2.24) is 9.88 Å². The van der Waals surface area contributed by atoms with E-state index in [9.17, 15) is 31.6 Å². The lowest BCUT2D eigenvalue weighted by Crippen LogP contribution is -2.47. The van der Waals surface area contributed by atoms with E-state index in [4.69, 9.17) is 30.5 Å². The topological polar surface area (TPSA) is 128 Å². The van der Waals surface area contributed by atoms with Gasteiger partial charge in [-0.3, -0.25) is 14.7 Å². The number of nitrogens with zero attached hydrogens (tertiary/aromatic N) is 3. The zero-order chi connectivity index (χ0) is 37.8. The third-order valence-corrected chi connectivity index (χ3v) is 10.8. The SMILES string of the molecule is Cc1c(COc2cc(OCc3cncc(C#N)c3)c(CN3CCCC[C@H]3C(=O)CS(=O)(=O)C(F)(F)F)cc2Cl)cccc1-c1ccc2c(c1)OCCO2. The second kappa shape index (κ2) is 16.0. The molecule has 4 aromatic rings. The second-order valence-electron chi connectivity index (χ2n) is 12.8. The lowest BCUT2D eigenvalue weighted by atomic mass is 9.96. The number of Topliss-reactive ketones (excluding diaryl/α,β-unsaturated/α-hetero) is 1. The summed E-state index contributed by atoms with van der Waals surface area (Å²) in [5, 5.41) is 9.54. The number of halogens is 4. The van der Waals surface area contributed by atoms with Gasteiger partial charge in [0, 0.05) is 36.1 Å². The molecule has 0 radical (unpaired) electrons. The number of hydrogen-bond donors (Lipinski definition) is 0. The summed E-state index contributed by atoms with van der Waals surface area (Å²) in [5.41, 5.74) is -0.291. The number of fused-ring (bicyclic) bond motifs is 1. The van der Waals surface area contributed by atoms with Crippen LogP contribution in [0.25, 0.3) is 11.1 Å². The number of likely N-dealkylation sites (tertiary alicyclic amines) is 1. The van der Waals surface area contributed by atoms with Gasteiger partial charge in [0.05, 0.1) is 16.6 Å². The normalized spacial score (nSPS) is 16.1. The fraction of sp³-hybridized carbons (Fsp3) is 0.342. The van der Waals surface area contributed by atoms with Crippen molar-refractivity contribution in [1.29, 1.82) is 5.26 Å². The Morgan fingerprint density at radius 1 is 1.00 bits per heavy atom. The molecule has 1 atom stereocenters. The predicted molar refractivity (Wildman–Crippen MR) is 190 cm³/mol. The standard InChI is InChI=1S/C38H35ClF3N3O7S/c1-24-28(5-4-6-30(24)27-8-9-34-37(15-27)50-12-11-49-34)22-52-36-16-35(51-21-26-13-25(17-43)18-44-19-26)29(14-31(36)39)20-45-10-3-2-7-32(45)33(46)23-53(47,48)38(40,41)42/h4-6,8-9,13-16,18-19,32H,2-3,7,10-12,20-23H2,1H3/t32-/m0/s1. The molecule has 2 aliphatic heterocycles. The molecule has 3 aromatic carbocycles. The number of carbonyl (C=O) groups excluding carboxylic acids is 1. The number of pyridine rings is 1. The zero-order valence-electron chi connectivity index (χ0n) is 28.6. The van der Waals surface area contributed by atoms with Gasteiger partial charge in [0.1, 0.15) is 49.7 Å². The summed E-state index contributed by atoms with van der Waals surface area (Å²) < 4.78 is 87.0. The van der Waals surface area contributed by atoms with Gasteiger partial charge in [0.2, 0.25) is 0 Å². The molecule has 1 aromatic heterocycles. The van der Waals surface area contributed by atoms with Crippen molar-refractivity contribution >= 4 is 27.2 Å². The highest BCUT2D eigenvalue weighted by molar-refractivity contribution is 7.92. The largest absolute Gasteiger partial charge is 0.497 e. The average Bonchev–Trinajstić information content (AvgIpc) is 3.14. The van der Waals surface area contributed by atoms with Crippen LogP contribution < -0.4 is 18.9 Å². The van der Waals surface area contributed by atoms with Crippen LogP contribution in [0.15, 0.2) is 67.0 Å². The van der Waals surface area contributed by atoms with Gasteiger partial charge < -0.3 is 18.9 Å². The van der Waals surface area contributed by atoms with Crippen LogP contribution in [0.1, 0.15) is 47.1 Å². The van der Waals surface area contributed by atoms with Crippen LogP contribution >= 0.6 is 11.6 Å². The summed E-state index contributed by atoms with van der Waals surface area (Å²) in [7, 11) is -5.64. The van der Waals surface area contributed by atoms with Crippen molar-refractivity contribution in [2.75, 3.05) is 25.5 Å². The van der Waals surface area contributed by atoms with Gasteiger partial charge in [-0.05, 0) is 72.8 Å². The van der Waals surface area contributed by atoms with Crippen LogP contribution in [0, 0.1) is 18.3 Å². The molecule has 0 saturated carbocycles. The molecule has 10 nitrogen and oxygen atoms in total. The fourth-order valence-electron chi connectivity index (χ4n) is 6.38. The van der Waals surface area contributed by atoms with Crippen molar-refractivity contribution < 1.29 is 45.3 Å². The van der Waals surface area contributed by atoms with Crippen LogP contribution in [0.4, 0.5) is 13.2 Å². The number of sulfone groups is 1. The minimum absolute atomic E-state index is 0.000532. The lowest BCUT2D eigenvalue weighted by molar-refractivity contribution is -0.123. The number of aromatic nitrogens is 1. The van der Waals surface area contributed by atoms with Gasteiger partial charge in [-0.1, -0.05) is 42.3 Å². The van der Waals surface area contributed by atoms with Gasteiger partial charge in [-0.2, -0.15) is 18.4 Å². The number of piperidine rings is 1. The van der Waals surface area contributed by atoms with Crippen molar-refractivity contribution in [3.05, 3.63) is 99.8 Å². The molecule has 0 unspecified atom stereocenters. The molecule has 3 heterocycles. The highest BCUT2D eigenvalue weighted by atomic mass is 35.5. The molecule has 0 amide bonds. The zero-order valence-corrected chi connectivity index (χ0v) is 30.2. The van der Waals surface area contributed by atoms with Crippen LogP contribution in [0.5, 0.6) is 23.0 Å². The van der Waals surface area contributed by atoms with Gasteiger partial charge in [0.25, 0.3) is 9.84 Å². The minimum Gasteiger partial charge on any atom is -0.488 e. The number of benzene rings is 3. The van der Waals surface area contributed by atoms with Crippen LogP contribution in [-0.4, -0.2) is 61.1 Å². The maximum Gasteiger partial charge on any atom is 0.497 e.